The van der Waals surface area contributed by atoms with Crippen molar-refractivity contribution in [1.29, 1.82) is 0 Å². The van der Waals surface area contributed by atoms with Crippen molar-refractivity contribution >= 4 is 29.0 Å². The second-order valence-corrected chi connectivity index (χ2v) is 5.26. The van der Waals surface area contributed by atoms with Crippen LogP contribution in [-0.2, 0) is 4.79 Å². The van der Waals surface area contributed by atoms with Crippen LogP contribution >= 0.6 is 11.3 Å². The molecule has 6 heteroatoms. The van der Waals surface area contributed by atoms with Gasteiger partial charge in [0.25, 0.3) is 0 Å². The molecule has 1 saturated heterocycles. The highest BCUT2D eigenvalue weighted by Crippen LogP contribution is 2.30. The molecule has 0 aromatic carbocycles. The predicted octanol–water partition coefficient (Wildman–Crippen LogP) is 2.08. The number of aliphatic carboxylic acids is 1. The van der Waals surface area contributed by atoms with E-state index in [2.05, 4.69) is 5.32 Å². The zero-order valence-electron chi connectivity index (χ0n) is 9.47. The first-order valence-electron chi connectivity index (χ1n) is 5.33. The summed E-state index contributed by atoms with van der Waals surface area (Å²) in [5.74, 6) is -0.844. The summed E-state index contributed by atoms with van der Waals surface area (Å²) in [6, 6.07) is 1.59. The van der Waals surface area contributed by atoms with E-state index in [-0.39, 0.29) is 12.6 Å². The Hall–Kier alpha value is -1.56. The Kier molecular flexibility index (Phi) is 3.06. The largest absolute Gasteiger partial charge is 0.481 e. The third-order valence-electron chi connectivity index (χ3n) is 3.05. The molecule has 1 aromatic heterocycles. The second kappa shape index (κ2) is 4.37. The van der Waals surface area contributed by atoms with E-state index < -0.39 is 11.4 Å². The van der Waals surface area contributed by atoms with Crippen molar-refractivity contribution in [3.8, 4) is 0 Å². The highest BCUT2D eigenvalue weighted by atomic mass is 32.1. The normalized spacial score (nSPS) is 23.7. The van der Waals surface area contributed by atoms with Gasteiger partial charge in [-0.25, -0.2) is 4.79 Å². The smallest absolute Gasteiger partial charge is 0.321 e. The third-order valence-corrected chi connectivity index (χ3v) is 3.73. The molecule has 1 aliphatic heterocycles. The number of nitrogens with zero attached hydrogens (tertiary/aromatic N) is 1. The SMILES string of the molecule is CC1(C(=O)O)CCN(C(=O)Nc2ccsc2)C1. The van der Waals surface area contributed by atoms with Gasteiger partial charge in [0.05, 0.1) is 11.1 Å². The van der Waals surface area contributed by atoms with Gasteiger partial charge in [-0.15, -0.1) is 0 Å². The van der Waals surface area contributed by atoms with E-state index in [9.17, 15) is 9.59 Å². The molecule has 17 heavy (non-hydrogen) atoms. The lowest BCUT2D eigenvalue weighted by molar-refractivity contribution is -0.146. The van der Waals surface area contributed by atoms with E-state index in [0.29, 0.717) is 13.0 Å². The highest BCUT2D eigenvalue weighted by molar-refractivity contribution is 7.08. The van der Waals surface area contributed by atoms with Crippen LogP contribution < -0.4 is 5.32 Å². The summed E-state index contributed by atoms with van der Waals surface area (Å²) in [5.41, 5.74) is -0.0599. The molecule has 0 radical (unpaired) electrons. The van der Waals surface area contributed by atoms with Gasteiger partial charge in [0.1, 0.15) is 0 Å². The van der Waals surface area contributed by atoms with Crippen LogP contribution in [0.5, 0.6) is 0 Å². The van der Waals surface area contributed by atoms with Gasteiger partial charge in [-0.05, 0) is 24.8 Å². The minimum absolute atomic E-state index is 0.228. The van der Waals surface area contributed by atoms with Gasteiger partial charge in [0.2, 0.25) is 0 Å². The molecule has 2 N–H and O–H groups in total. The van der Waals surface area contributed by atoms with Gasteiger partial charge in [-0.2, -0.15) is 11.3 Å². The molecular formula is C11H14N2O3S. The lowest BCUT2D eigenvalue weighted by atomic mass is 9.90. The van der Waals surface area contributed by atoms with Crippen LogP contribution in [0, 0.1) is 5.41 Å². The number of nitrogens with one attached hydrogen (secondary N) is 1. The number of urea groups is 1. The van der Waals surface area contributed by atoms with Crippen LogP contribution in [0.15, 0.2) is 16.8 Å². The Morgan fingerprint density at radius 3 is 2.88 bits per heavy atom. The van der Waals surface area contributed by atoms with Crippen molar-refractivity contribution < 1.29 is 14.7 Å². The fraction of sp³-hybridized carbons (Fsp3) is 0.455. The maximum Gasteiger partial charge on any atom is 0.321 e. The summed E-state index contributed by atoms with van der Waals surface area (Å²) >= 11 is 1.50. The van der Waals surface area contributed by atoms with Crippen molar-refractivity contribution in [2.24, 2.45) is 5.41 Å². The Balaban J connectivity index is 1.97. The number of carboxylic acids is 1. The summed E-state index contributed by atoms with van der Waals surface area (Å²) in [5, 5.41) is 15.5. The molecule has 2 rings (SSSR count). The average molecular weight is 254 g/mol. The van der Waals surface area contributed by atoms with Gasteiger partial charge < -0.3 is 15.3 Å². The molecule has 1 unspecified atom stereocenters. The summed E-state index contributed by atoms with van der Waals surface area (Å²) in [7, 11) is 0. The molecule has 0 saturated carbocycles. The molecule has 1 fully saturated rings. The van der Waals surface area contributed by atoms with Crippen molar-refractivity contribution in [2.45, 2.75) is 13.3 Å². The molecule has 1 atom stereocenters. The molecule has 0 bridgehead atoms. The monoisotopic (exact) mass is 254 g/mol. The van der Waals surface area contributed by atoms with Crippen LogP contribution in [0.25, 0.3) is 0 Å². The standard InChI is InChI=1S/C11H14N2O3S/c1-11(9(14)15)3-4-13(7-11)10(16)12-8-2-5-17-6-8/h2,5-6H,3-4,7H2,1H3,(H,12,16)(H,14,15). The highest BCUT2D eigenvalue weighted by Gasteiger charge is 2.42. The predicted molar refractivity (Wildman–Crippen MR) is 65.3 cm³/mol. The molecule has 1 aliphatic rings. The molecule has 92 valence electrons. The lowest BCUT2D eigenvalue weighted by Crippen LogP contribution is -2.37. The maximum atomic E-state index is 11.8. The van der Waals surface area contributed by atoms with Crippen LogP contribution in [0.3, 0.4) is 0 Å². The Morgan fingerprint density at radius 2 is 2.35 bits per heavy atom. The zero-order chi connectivity index (χ0) is 12.5. The number of hydrogen-bond acceptors (Lipinski definition) is 3. The number of carbonyl (C=O) groups is 2. The van der Waals surface area contributed by atoms with E-state index in [1.807, 2.05) is 16.8 Å². The minimum atomic E-state index is -0.844. The number of rotatable bonds is 2. The number of carboxylic acid groups (broad SMARTS) is 1. The van der Waals surface area contributed by atoms with E-state index in [0.717, 1.165) is 5.69 Å². The van der Waals surface area contributed by atoms with E-state index in [1.165, 1.54) is 11.3 Å². The lowest BCUT2D eigenvalue weighted by Gasteiger charge is -2.20. The first kappa shape index (κ1) is 11.9. The van der Waals surface area contributed by atoms with Crippen LogP contribution in [0.2, 0.25) is 0 Å². The second-order valence-electron chi connectivity index (χ2n) is 4.48. The number of anilines is 1. The fourth-order valence-electron chi connectivity index (χ4n) is 1.85. The van der Waals surface area contributed by atoms with Crippen LogP contribution in [0.4, 0.5) is 10.5 Å². The zero-order valence-corrected chi connectivity index (χ0v) is 10.3. The van der Waals surface area contributed by atoms with Crippen molar-refractivity contribution in [3.63, 3.8) is 0 Å². The Bertz CT molecular complexity index is 432. The molecule has 2 amide bonds. The summed E-state index contributed by atoms with van der Waals surface area (Å²) in [6.07, 6.45) is 0.499. The number of amides is 2. The fourth-order valence-corrected chi connectivity index (χ4v) is 2.43. The topological polar surface area (TPSA) is 69.6 Å². The van der Waals surface area contributed by atoms with Crippen molar-refractivity contribution in [3.05, 3.63) is 16.8 Å². The van der Waals surface area contributed by atoms with E-state index in [4.69, 9.17) is 5.11 Å². The molecular weight excluding hydrogens is 240 g/mol. The van der Waals surface area contributed by atoms with E-state index >= 15 is 0 Å². The summed E-state index contributed by atoms with van der Waals surface area (Å²) in [4.78, 5) is 24.4. The number of carbonyl (C=O) groups excluding carboxylic acids is 1. The van der Waals surface area contributed by atoms with Crippen LogP contribution in [0.1, 0.15) is 13.3 Å². The van der Waals surface area contributed by atoms with Gasteiger partial charge in [-0.3, -0.25) is 4.79 Å². The van der Waals surface area contributed by atoms with Gasteiger partial charge in [0.15, 0.2) is 0 Å². The Labute approximate surface area is 103 Å². The number of likely N-dealkylation sites (tertiary alicyclic amines) is 1. The van der Waals surface area contributed by atoms with Gasteiger partial charge in [0, 0.05) is 18.5 Å². The quantitative estimate of drug-likeness (QED) is 0.849. The Morgan fingerprint density at radius 1 is 1.59 bits per heavy atom. The number of hydrogen-bond donors (Lipinski definition) is 2. The van der Waals surface area contributed by atoms with Crippen molar-refractivity contribution in [1.82, 2.24) is 4.90 Å². The van der Waals surface area contributed by atoms with Gasteiger partial charge >= 0.3 is 12.0 Å². The first-order chi connectivity index (χ1) is 8.01. The molecule has 0 spiro atoms. The van der Waals surface area contributed by atoms with E-state index in [1.54, 1.807) is 11.8 Å². The maximum absolute atomic E-state index is 11.8. The first-order valence-corrected chi connectivity index (χ1v) is 6.27. The van der Waals surface area contributed by atoms with Crippen molar-refractivity contribution in [2.75, 3.05) is 18.4 Å². The summed E-state index contributed by atoms with van der Waals surface area (Å²) in [6.45, 7) is 2.42. The summed E-state index contributed by atoms with van der Waals surface area (Å²) < 4.78 is 0. The third kappa shape index (κ3) is 2.41. The minimum Gasteiger partial charge on any atom is -0.481 e. The molecule has 1 aromatic rings. The average Bonchev–Trinajstić information content (AvgIpc) is 2.88. The molecule has 2 heterocycles. The van der Waals surface area contributed by atoms with Crippen LogP contribution in [-0.4, -0.2) is 35.1 Å². The van der Waals surface area contributed by atoms with Gasteiger partial charge in [-0.1, -0.05) is 0 Å². The molecule has 5 nitrogen and oxygen atoms in total. The molecule has 0 aliphatic carbocycles. The number of thiophene rings is 1.